The first kappa shape index (κ1) is 30.4. The third-order valence-corrected chi connectivity index (χ3v) is 18.0. The second-order valence-electron chi connectivity index (χ2n) is 14.0. The Kier molecular flexibility index (Phi) is 9.77. The van der Waals surface area contributed by atoms with Crippen molar-refractivity contribution in [2.45, 2.75) is 136 Å². The summed E-state index contributed by atoms with van der Waals surface area (Å²) >= 11 is 0. The van der Waals surface area contributed by atoms with Crippen LogP contribution in [0.25, 0.3) is 0 Å². The Morgan fingerprint density at radius 1 is 0.971 bits per heavy atom. The molecular formula is C30H52O3Si2. The smallest absolute Gasteiger partial charge is 0.193 e. The average Bonchev–Trinajstić information content (AvgIpc) is 3.18. The third-order valence-electron chi connectivity index (χ3n) is 9.07. The van der Waals surface area contributed by atoms with Crippen LogP contribution in [0, 0.1) is 47.4 Å². The normalized spacial score (nSPS) is 26.9. The Balaban J connectivity index is 2.39. The van der Waals surface area contributed by atoms with Crippen LogP contribution >= 0.6 is 0 Å². The molecule has 0 radical (unpaired) electrons. The summed E-state index contributed by atoms with van der Waals surface area (Å²) in [4.78, 5) is 12.3. The highest BCUT2D eigenvalue weighted by Crippen LogP contribution is 2.50. The summed E-state index contributed by atoms with van der Waals surface area (Å²) in [6.45, 7) is 27.3. The maximum absolute atomic E-state index is 12.3. The molecular weight excluding hydrogens is 464 g/mol. The van der Waals surface area contributed by atoms with E-state index in [0.29, 0.717) is 30.5 Å². The molecule has 0 bridgehead atoms. The number of rotatable bonds is 6. The van der Waals surface area contributed by atoms with Crippen molar-refractivity contribution >= 4 is 22.4 Å². The van der Waals surface area contributed by atoms with Crippen LogP contribution in [0.15, 0.2) is 0 Å². The van der Waals surface area contributed by atoms with Crippen molar-refractivity contribution in [2.75, 3.05) is 0 Å². The van der Waals surface area contributed by atoms with Gasteiger partial charge in [0.05, 0.1) is 6.10 Å². The van der Waals surface area contributed by atoms with Crippen molar-refractivity contribution in [3.63, 3.8) is 0 Å². The van der Waals surface area contributed by atoms with E-state index in [1.807, 2.05) is 0 Å². The van der Waals surface area contributed by atoms with Gasteiger partial charge in [-0.25, -0.2) is 0 Å². The topological polar surface area (TPSA) is 35.5 Å². The zero-order valence-corrected chi connectivity index (χ0v) is 26.7. The molecule has 2 rings (SSSR count). The van der Waals surface area contributed by atoms with Gasteiger partial charge in [-0.3, -0.25) is 4.79 Å². The molecule has 0 aromatic carbocycles. The molecule has 0 heterocycles. The van der Waals surface area contributed by atoms with Gasteiger partial charge >= 0.3 is 0 Å². The molecule has 0 unspecified atom stereocenters. The number of Topliss-reactive ketones (excluding diaryl/α,β-unsaturated/α-hetero) is 1. The van der Waals surface area contributed by atoms with Gasteiger partial charge in [0.25, 0.3) is 0 Å². The van der Waals surface area contributed by atoms with Gasteiger partial charge in [-0.2, -0.15) is 0 Å². The van der Waals surface area contributed by atoms with E-state index in [1.165, 1.54) is 0 Å². The minimum atomic E-state index is -2.00. The predicted molar refractivity (Wildman–Crippen MR) is 153 cm³/mol. The zero-order chi connectivity index (χ0) is 26.8. The lowest BCUT2D eigenvalue weighted by atomic mass is 9.91. The molecule has 198 valence electrons. The van der Waals surface area contributed by atoms with Crippen molar-refractivity contribution in [1.82, 2.24) is 0 Å². The minimum Gasteiger partial charge on any atom is -0.413 e. The predicted octanol–water partition coefficient (Wildman–Crippen LogP) is 7.83. The quantitative estimate of drug-likeness (QED) is 0.266. The molecule has 2 fully saturated rings. The van der Waals surface area contributed by atoms with Crippen molar-refractivity contribution in [3.8, 4) is 23.7 Å². The Morgan fingerprint density at radius 2 is 1.57 bits per heavy atom. The first-order chi connectivity index (χ1) is 15.9. The van der Waals surface area contributed by atoms with Crippen LogP contribution < -0.4 is 0 Å². The maximum Gasteiger partial charge on any atom is 0.193 e. The van der Waals surface area contributed by atoms with E-state index in [4.69, 9.17) is 8.85 Å². The van der Waals surface area contributed by atoms with Crippen LogP contribution in [0.3, 0.4) is 0 Å². The molecule has 0 saturated heterocycles. The lowest BCUT2D eigenvalue weighted by Crippen LogP contribution is -2.45. The van der Waals surface area contributed by atoms with E-state index in [-0.39, 0.29) is 34.1 Å². The molecule has 0 aromatic heterocycles. The summed E-state index contributed by atoms with van der Waals surface area (Å²) < 4.78 is 13.8. The number of hydrogen-bond donors (Lipinski definition) is 0. The van der Waals surface area contributed by atoms with E-state index in [1.54, 1.807) is 0 Å². The van der Waals surface area contributed by atoms with Crippen LogP contribution in [0.5, 0.6) is 0 Å². The SMILES string of the molecule is CCC#CC[C@H](C)[C@@H](C#C[C@@H]1[C@H]2CC(=O)C[C@H]2C[C@H]1O[Si](C)(C)C(C)(C)C)O[Si](C)(C)C(C)(C)C. The van der Waals surface area contributed by atoms with Crippen LogP contribution in [0.4, 0.5) is 0 Å². The fraction of sp³-hybridized carbons (Fsp3) is 0.833. The number of ketones is 1. The highest BCUT2D eigenvalue weighted by atomic mass is 28.4. The van der Waals surface area contributed by atoms with Crippen molar-refractivity contribution in [3.05, 3.63) is 0 Å². The second-order valence-corrected chi connectivity index (χ2v) is 23.5. The van der Waals surface area contributed by atoms with E-state index in [9.17, 15) is 4.79 Å². The monoisotopic (exact) mass is 516 g/mol. The number of carbonyl (C=O) groups excluding carboxylic acids is 1. The fourth-order valence-electron chi connectivity index (χ4n) is 4.66. The molecule has 0 spiro atoms. The summed E-state index contributed by atoms with van der Waals surface area (Å²) in [7, 11) is -3.94. The largest absolute Gasteiger partial charge is 0.413 e. The Morgan fingerprint density at radius 3 is 2.11 bits per heavy atom. The Hall–Kier alpha value is -0.856. The molecule has 2 aliphatic carbocycles. The highest BCUT2D eigenvalue weighted by Gasteiger charge is 2.51. The van der Waals surface area contributed by atoms with Crippen LogP contribution in [0.2, 0.25) is 36.3 Å². The van der Waals surface area contributed by atoms with Crippen LogP contribution in [-0.4, -0.2) is 34.6 Å². The van der Waals surface area contributed by atoms with Gasteiger partial charge in [0.2, 0.25) is 0 Å². The first-order valence-electron chi connectivity index (χ1n) is 13.7. The molecule has 5 heteroatoms. The molecule has 2 saturated carbocycles. The Bertz CT molecular complexity index is 870. The van der Waals surface area contributed by atoms with Crippen molar-refractivity contribution in [2.24, 2.45) is 23.7 Å². The number of carbonyl (C=O) groups is 1. The van der Waals surface area contributed by atoms with Crippen molar-refractivity contribution in [1.29, 1.82) is 0 Å². The standard InChI is InChI=1S/C30H52O3Si2/c1-13-14-15-16-22(2)27(32-34(9,10)29(3,4)5)18-17-25-26-21-24(31)19-23(26)20-28(25)33-35(11,12)30(6,7)8/h22-23,25-28H,13,16,19-21H2,1-12H3/t22-,23-,25+,26-,27+,28+/m0/s1. The summed E-state index contributed by atoms with van der Waals surface area (Å²) in [5.74, 6) is 15.3. The van der Waals surface area contributed by atoms with Gasteiger partial charge < -0.3 is 8.85 Å². The van der Waals surface area contributed by atoms with Gasteiger partial charge in [0, 0.05) is 37.5 Å². The van der Waals surface area contributed by atoms with E-state index in [2.05, 4.69) is 105 Å². The second kappa shape index (κ2) is 11.3. The zero-order valence-electron chi connectivity index (χ0n) is 24.7. The third kappa shape index (κ3) is 7.58. The first-order valence-corrected chi connectivity index (χ1v) is 19.6. The van der Waals surface area contributed by atoms with Gasteiger partial charge in [-0.15, -0.1) is 11.8 Å². The lowest BCUT2D eigenvalue weighted by Gasteiger charge is -2.40. The Labute approximate surface area is 219 Å². The van der Waals surface area contributed by atoms with E-state index >= 15 is 0 Å². The summed E-state index contributed by atoms with van der Waals surface area (Å²) in [6.07, 6.45) is 3.97. The summed E-state index contributed by atoms with van der Waals surface area (Å²) in [5, 5.41) is 0.269. The van der Waals surface area contributed by atoms with Gasteiger partial charge in [-0.1, -0.05) is 67.2 Å². The molecule has 0 aromatic rings. The van der Waals surface area contributed by atoms with Crippen molar-refractivity contribution < 1.29 is 13.6 Å². The van der Waals surface area contributed by atoms with Gasteiger partial charge in [0.15, 0.2) is 16.6 Å². The van der Waals surface area contributed by atoms with Crippen LogP contribution in [-0.2, 0) is 13.6 Å². The van der Waals surface area contributed by atoms with E-state index in [0.717, 1.165) is 19.3 Å². The minimum absolute atomic E-state index is 0.111. The maximum atomic E-state index is 12.3. The molecule has 0 aliphatic heterocycles. The number of hydrogen-bond acceptors (Lipinski definition) is 3. The van der Waals surface area contributed by atoms with Gasteiger partial charge in [0.1, 0.15) is 11.9 Å². The molecule has 0 N–H and O–H groups in total. The molecule has 2 aliphatic rings. The van der Waals surface area contributed by atoms with Gasteiger partial charge in [-0.05, 0) is 54.5 Å². The average molecular weight is 517 g/mol. The molecule has 6 atom stereocenters. The summed E-state index contributed by atoms with van der Waals surface area (Å²) in [6, 6.07) is 0. The highest BCUT2D eigenvalue weighted by molar-refractivity contribution is 6.74. The molecule has 35 heavy (non-hydrogen) atoms. The molecule has 3 nitrogen and oxygen atoms in total. The number of fused-ring (bicyclic) bond motifs is 1. The lowest BCUT2D eigenvalue weighted by molar-refractivity contribution is -0.118. The van der Waals surface area contributed by atoms with Crippen LogP contribution in [0.1, 0.15) is 87.5 Å². The molecule has 0 amide bonds. The fourth-order valence-corrected chi connectivity index (χ4v) is 7.29. The summed E-state index contributed by atoms with van der Waals surface area (Å²) in [5.41, 5.74) is 0. The van der Waals surface area contributed by atoms with E-state index < -0.39 is 16.6 Å².